The number of nitrogens with one attached hydrogen (secondary N) is 1. The van der Waals surface area contributed by atoms with Gasteiger partial charge in [0.15, 0.2) is 16.2 Å². The van der Waals surface area contributed by atoms with Crippen LogP contribution in [0.15, 0.2) is 35.9 Å². The van der Waals surface area contributed by atoms with E-state index >= 15 is 0 Å². The number of hydrogen-bond donors (Lipinski definition) is 2. The Morgan fingerprint density at radius 2 is 2.14 bits per heavy atom. The molecule has 1 aliphatic rings. The molecule has 150 valence electrons. The minimum Gasteiger partial charge on any atom is -0.306 e. The van der Waals surface area contributed by atoms with Gasteiger partial charge in [0, 0.05) is 22.2 Å². The molecule has 1 aliphatic carbocycles. The molecule has 1 amide bonds. The highest BCUT2D eigenvalue weighted by Gasteiger charge is 2.19. The van der Waals surface area contributed by atoms with Crippen LogP contribution in [0.2, 0.25) is 5.02 Å². The second-order valence-corrected chi connectivity index (χ2v) is 9.20. The van der Waals surface area contributed by atoms with Gasteiger partial charge >= 0.3 is 0 Å². The van der Waals surface area contributed by atoms with Crippen molar-refractivity contribution < 1.29 is 13.6 Å². The molecule has 2 N–H and O–H groups in total. The highest BCUT2D eigenvalue weighted by molar-refractivity contribution is 7.79. The zero-order valence-electron chi connectivity index (χ0n) is 15.4. The van der Waals surface area contributed by atoms with Crippen molar-refractivity contribution in [3.05, 3.63) is 52.0 Å². The Morgan fingerprint density at radius 3 is 2.79 bits per heavy atom. The molecule has 8 heteroatoms. The third-order valence-electron chi connectivity index (χ3n) is 4.86. The number of amides is 1. The smallest absolute Gasteiger partial charge is 0.257 e. The Hall–Kier alpha value is -1.54. The van der Waals surface area contributed by atoms with Crippen molar-refractivity contribution in [3.63, 3.8) is 0 Å². The zero-order chi connectivity index (χ0) is 19.9. The highest BCUT2D eigenvalue weighted by atomic mass is 35.5. The van der Waals surface area contributed by atoms with E-state index in [-0.39, 0.29) is 11.7 Å². The van der Waals surface area contributed by atoms with Gasteiger partial charge in [0.05, 0.1) is 5.75 Å². The topological polar surface area (TPSA) is 79.3 Å². The van der Waals surface area contributed by atoms with Crippen molar-refractivity contribution in [1.82, 2.24) is 4.98 Å². The fourth-order valence-corrected chi connectivity index (χ4v) is 4.60. The first-order chi connectivity index (χ1) is 13.5. The number of thiazole rings is 1. The van der Waals surface area contributed by atoms with Gasteiger partial charge in [-0.3, -0.25) is 10.1 Å². The van der Waals surface area contributed by atoms with Crippen LogP contribution in [0, 0.1) is 5.92 Å². The number of carbonyl (C=O) groups excluding carboxylic acids is 1. The monoisotopic (exact) mass is 438 g/mol. The molecule has 0 aliphatic heterocycles. The second-order valence-electron chi connectivity index (χ2n) is 6.85. The zero-order valence-corrected chi connectivity index (χ0v) is 17.8. The Morgan fingerprint density at radius 1 is 1.36 bits per heavy atom. The Labute approximate surface area is 176 Å². The van der Waals surface area contributed by atoms with Gasteiger partial charge in [-0.15, -0.1) is 11.3 Å². The summed E-state index contributed by atoms with van der Waals surface area (Å²) >= 11 is 5.91. The molecule has 1 saturated carbocycles. The quantitative estimate of drug-likeness (QED) is 0.462. The summed E-state index contributed by atoms with van der Waals surface area (Å²) in [4.78, 5) is 17.1. The van der Waals surface area contributed by atoms with Gasteiger partial charge in [-0.2, -0.15) is 0 Å². The van der Waals surface area contributed by atoms with Crippen LogP contribution in [0.1, 0.15) is 43.2 Å². The van der Waals surface area contributed by atoms with Crippen LogP contribution >= 0.6 is 22.9 Å². The Kier molecular flexibility index (Phi) is 7.79. The van der Waals surface area contributed by atoms with Gasteiger partial charge < -0.3 is 4.55 Å². The predicted molar refractivity (Wildman–Crippen MR) is 116 cm³/mol. The number of rotatable bonds is 7. The molecule has 0 bridgehead atoms. The summed E-state index contributed by atoms with van der Waals surface area (Å²) in [5.41, 5.74) is 2.14. The molecule has 0 spiro atoms. The first-order valence-corrected chi connectivity index (χ1v) is 11.8. The molecule has 1 fully saturated rings. The Balaban J connectivity index is 1.87. The summed E-state index contributed by atoms with van der Waals surface area (Å²) in [7, 11) is 0. The summed E-state index contributed by atoms with van der Waals surface area (Å²) in [6, 6.07) is 5.46. The normalized spacial score (nSPS) is 16.7. The highest BCUT2D eigenvalue weighted by Crippen LogP contribution is 2.30. The summed E-state index contributed by atoms with van der Waals surface area (Å²) in [6.45, 7) is 0. The lowest BCUT2D eigenvalue weighted by molar-refractivity contribution is -0.111. The maximum Gasteiger partial charge on any atom is 0.257 e. The molecular formula is C20H23ClN2O3S2. The van der Waals surface area contributed by atoms with Crippen LogP contribution in [0.25, 0.3) is 5.57 Å². The minimum absolute atomic E-state index is 0.133. The first-order valence-electron chi connectivity index (χ1n) is 9.32. The lowest BCUT2D eigenvalue weighted by atomic mass is 9.86. The molecule has 1 unspecified atom stereocenters. The van der Waals surface area contributed by atoms with Gasteiger partial charge in [-0.1, -0.05) is 49.1 Å². The molecule has 2 aromatic rings. The number of nitrogens with zero attached hydrogens (tertiary/aromatic N) is 1. The number of benzene rings is 1. The molecule has 5 nitrogen and oxygen atoms in total. The number of anilines is 1. The van der Waals surface area contributed by atoms with Crippen molar-refractivity contribution in [1.29, 1.82) is 0 Å². The van der Waals surface area contributed by atoms with Gasteiger partial charge in [-0.05, 0) is 42.4 Å². The Bertz CT molecular complexity index is 862. The van der Waals surface area contributed by atoms with Gasteiger partial charge in [-0.25, -0.2) is 9.19 Å². The van der Waals surface area contributed by atoms with Crippen molar-refractivity contribution in [2.24, 2.45) is 5.92 Å². The minimum atomic E-state index is -1.86. The first kappa shape index (κ1) is 21.2. The van der Waals surface area contributed by atoms with Crippen LogP contribution < -0.4 is 5.32 Å². The van der Waals surface area contributed by atoms with Gasteiger partial charge in [0.2, 0.25) is 0 Å². The van der Waals surface area contributed by atoms with Crippen LogP contribution in [-0.4, -0.2) is 25.4 Å². The summed E-state index contributed by atoms with van der Waals surface area (Å²) in [5.74, 6) is 0.316. The number of carbonyl (C=O) groups is 1. The van der Waals surface area contributed by atoms with E-state index in [1.165, 1.54) is 30.6 Å². The third-order valence-corrected chi connectivity index (χ3v) is 6.45. The molecule has 1 aromatic carbocycles. The van der Waals surface area contributed by atoms with E-state index in [0.29, 0.717) is 28.1 Å². The molecule has 3 rings (SSSR count). The molecule has 1 heterocycles. The molecule has 0 saturated heterocycles. The van der Waals surface area contributed by atoms with E-state index in [1.54, 1.807) is 12.3 Å². The van der Waals surface area contributed by atoms with E-state index in [9.17, 15) is 9.00 Å². The number of aromatic nitrogens is 1. The summed E-state index contributed by atoms with van der Waals surface area (Å²) < 4.78 is 19.9. The van der Waals surface area contributed by atoms with Crippen LogP contribution in [0.3, 0.4) is 0 Å². The molecular weight excluding hydrogens is 416 g/mol. The molecule has 0 radical (unpaired) electrons. The lowest BCUT2D eigenvalue weighted by Gasteiger charge is -2.20. The van der Waals surface area contributed by atoms with Crippen molar-refractivity contribution >= 4 is 50.6 Å². The largest absolute Gasteiger partial charge is 0.306 e. The van der Waals surface area contributed by atoms with Crippen LogP contribution in [0.5, 0.6) is 0 Å². The van der Waals surface area contributed by atoms with Crippen LogP contribution in [0.4, 0.5) is 5.13 Å². The summed E-state index contributed by atoms with van der Waals surface area (Å²) in [5, 5.41) is 5.75. The van der Waals surface area contributed by atoms with E-state index in [0.717, 1.165) is 24.0 Å². The molecule has 1 aromatic heterocycles. The SMILES string of the molecule is O=C(Nc1nccs1)/C(=C/C1CCCCC1)c1ccc(CCS(=O)O)c(Cl)c1. The van der Waals surface area contributed by atoms with Crippen LogP contribution in [-0.2, 0) is 22.3 Å². The fourth-order valence-electron chi connectivity index (χ4n) is 3.40. The van der Waals surface area contributed by atoms with Gasteiger partial charge in [0.1, 0.15) is 0 Å². The van der Waals surface area contributed by atoms with E-state index in [1.807, 2.05) is 17.5 Å². The third kappa shape index (κ3) is 5.98. The standard InChI is InChI=1S/C20H23ClN2O3S2/c21-18-13-16(7-6-15(18)8-11-28(25)26)17(12-14-4-2-1-3-5-14)19(24)23-20-22-9-10-27-20/h6-7,9-10,12-14H,1-5,8,11H2,(H,25,26)(H,22,23,24)/b17-12+. The van der Waals surface area contributed by atoms with Gasteiger partial charge in [0.25, 0.3) is 5.91 Å². The average molecular weight is 439 g/mol. The summed E-state index contributed by atoms with van der Waals surface area (Å²) in [6.07, 6.45) is 9.91. The average Bonchev–Trinajstić information content (AvgIpc) is 3.18. The van der Waals surface area contributed by atoms with Crippen molar-refractivity contribution in [2.75, 3.05) is 11.1 Å². The molecule has 28 heavy (non-hydrogen) atoms. The second kappa shape index (κ2) is 10.3. The van der Waals surface area contributed by atoms with E-state index in [4.69, 9.17) is 16.2 Å². The van der Waals surface area contributed by atoms with E-state index < -0.39 is 11.1 Å². The van der Waals surface area contributed by atoms with Crippen molar-refractivity contribution in [2.45, 2.75) is 38.5 Å². The fraction of sp³-hybridized carbons (Fsp3) is 0.400. The van der Waals surface area contributed by atoms with Crippen molar-refractivity contribution in [3.8, 4) is 0 Å². The number of aryl methyl sites for hydroxylation is 1. The maximum atomic E-state index is 13.0. The predicted octanol–water partition coefficient (Wildman–Crippen LogP) is 5.16. The molecule has 1 atom stereocenters. The number of halogens is 1. The maximum absolute atomic E-state index is 13.0. The van der Waals surface area contributed by atoms with E-state index in [2.05, 4.69) is 16.4 Å². The lowest BCUT2D eigenvalue weighted by Crippen LogP contribution is -2.15. The number of hydrogen-bond acceptors (Lipinski definition) is 4. The number of allylic oxidation sites excluding steroid dienone is 1.